The van der Waals surface area contributed by atoms with E-state index in [1.54, 1.807) is 0 Å². The van der Waals surface area contributed by atoms with Gasteiger partial charge < -0.3 is 14.4 Å². The van der Waals surface area contributed by atoms with Crippen LogP contribution in [0.3, 0.4) is 0 Å². The summed E-state index contributed by atoms with van der Waals surface area (Å²) < 4.78 is 11.9. The molecule has 0 bridgehead atoms. The Bertz CT molecular complexity index is 736. The predicted molar refractivity (Wildman–Crippen MR) is 97.7 cm³/mol. The van der Waals surface area contributed by atoms with E-state index in [-0.39, 0.29) is 0 Å². The highest BCUT2D eigenvalue weighted by atomic mass is 16.5. The molecular formula is C20H22N2O2. The van der Waals surface area contributed by atoms with Gasteiger partial charge >= 0.3 is 0 Å². The Kier molecular flexibility index (Phi) is 5.29. The fourth-order valence-electron chi connectivity index (χ4n) is 2.41. The topological polar surface area (TPSA) is 34.1 Å². The second-order valence-corrected chi connectivity index (χ2v) is 5.91. The van der Waals surface area contributed by atoms with Gasteiger partial charge in [-0.25, -0.2) is 4.99 Å². The normalized spacial score (nSPS) is 15.0. The molecule has 0 saturated heterocycles. The van der Waals surface area contributed by atoms with Gasteiger partial charge in [-0.1, -0.05) is 42.5 Å². The van der Waals surface area contributed by atoms with E-state index in [2.05, 4.69) is 24.0 Å². The maximum Gasteiger partial charge on any atom is 0.258 e. The lowest BCUT2D eigenvalue weighted by atomic mass is 10.2. The van der Waals surface area contributed by atoms with Crippen LogP contribution in [-0.4, -0.2) is 38.0 Å². The molecule has 0 N–H and O–H groups in total. The average Bonchev–Trinajstić information content (AvgIpc) is 2.59. The zero-order valence-electron chi connectivity index (χ0n) is 14.1. The van der Waals surface area contributed by atoms with Crippen LogP contribution in [0.25, 0.3) is 6.08 Å². The minimum atomic E-state index is 0.538. The summed E-state index contributed by atoms with van der Waals surface area (Å²) in [4.78, 5) is 6.76. The Labute approximate surface area is 143 Å². The van der Waals surface area contributed by atoms with Gasteiger partial charge in [-0.3, -0.25) is 0 Å². The number of aliphatic imine (C=N–C) groups is 1. The number of hydrogen-bond donors (Lipinski definition) is 0. The minimum absolute atomic E-state index is 0.538. The third kappa shape index (κ3) is 4.24. The Morgan fingerprint density at radius 3 is 2.58 bits per heavy atom. The Balaban J connectivity index is 1.82. The lowest BCUT2D eigenvalue weighted by Crippen LogP contribution is -2.19. The highest BCUT2D eigenvalue weighted by molar-refractivity contribution is 5.99. The molecule has 1 heterocycles. The molecule has 124 valence electrons. The largest absolute Gasteiger partial charge is 0.475 e. The zero-order valence-corrected chi connectivity index (χ0v) is 14.1. The van der Waals surface area contributed by atoms with E-state index in [1.807, 2.05) is 60.7 Å². The van der Waals surface area contributed by atoms with Crippen LogP contribution in [0.1, 0.15) is 12.0 Å². The van der Waals surface area contributed by atoms with E-state index < -0.39 is 0 Å². The first kappa shape index (κ1) is 16.3. The minimum Gasteiger partial charge on any atom is -0.475 e. The Morgan fingerprint density at radius 2 is 1.79 bits per heavy atom. The second kappa shape index (κ2) is 7.79. The lowest BCUT2D eigenvalue weighted by molar-refractivity contribution is 0.259. The zero-order chi connectivity index (χ0) is 16.8. The molecule has 0 spiro atoms. The molecule has 24 heavy (non-hydrogen) atoms. The van der Waals surface area contributed by atoms with Gasteiger partial charge in [0.2, 0.25) is 0 Å². The van der Waals surface area contributed by atoms with Gasteiger partial charge in [0.15, 0.2) is 11.5 Å². The first-order valence-electron chi connectivity index (χ1n) is 8.12. The lowest BCUT2D eigenvalue weighted by Gasteiger charge is -2.20. The van der Waals surface area contributed by atoms with Gasteiger partial charge in [0, 0.05) is 6.54 Å². The number of ether oxygens (including phenoxy) is 2. The van der Waals surface area contributed by atoms with Crippen molar-refractivity contribution in [2.45, 2.75) is 6.42 Å². The fraction of sp³-hybridized carbons (Fsp3) is 0.250. The van der Waals surface area contributed by atoms with Crippen LogP contribution in [0.15, 0.2) is 65.3 Å². The molecule has 4 heteroatoms. The van der Waals surface area contributed by atoms with Crippen molar-refractivity contribution in [3.63, 3.8) is 0 Å². The number of hydrogen-bond acceptors (Lipinski definition) is 4. The summed E-state index contributed by atoms with van der Waals surface area (Å²) in [5.41, 5.74) is 1.85. The average molecular weight is 322 g/mol. The summed E-state index contributed by atoms with van der Waals surface area (Å²) in [6, 6.07) is 17.8. The van der Waals surface area contributed by atoms with Crippen molar-refractivity contribution in [2.24, 2.45) is 4.99 Å². The smallest absolute Gasteiger partial charge is 0.258 e. The number of fused-ring (bicyclic) bond motifs is 1. The Hall–Kier alpha value is -2.59. The molecule has 0 atom stereocenters. The molecule has 0 amide bonds. The summed E-state index contributed by atoms with van der Waals surface area (Å²) in [5.74, 6) is 1.93. The highest BCUT2D eigenvalue weighted by Gasteiger charge is 2.20. The van der Waals surface area contributed by atoms with E-state index >= 15 is 0 Å². The summed E-state index contributed by atoms with van der Waals surface area (Å²) in [7, 11) is 4.11. The van der Waals surface area contributed by atoms with Gasteiger partial charge in [-0.2, -0.15) is 0 Å². The van der Waals surface area contributed by atoms with E-state index in [0.29, 0.717) is 18.3 Å². The van der Waals surface area contributed by atoms with Crippen molar-refractivity contribution in [3.8, 4) is 5.75 Å². The molecule has 0 unspecified atom stereocenters. The molecule has 0 aliphatic carbocycles. The molecule has 2 aromatic carbocycles. The number of para-hydroxylation sites is 2. The Morgan fingerprint density at radius 1 is 1.04 bits per heavy atom. The van der Waals surface area contributed by atoms with Crippen molar-refractivity contribution in [2.75, 3.05) is 27.2 Å². The molecule has 1 aliphatic heterocycles. The fourth-order valence-corrected chi connectivity index (χ4v) is 2.41. The van der Waals surface area contributed by atoms with Crippen LogP contribution in [0, 0.1) is 0 Å². The van der Waals surface area contributed by atoms with Gasteiger partial charge in [0.25, 0.3) is 5.90 Å². The van der Waals surface area contributed by atoms with Crippen molar-refractivity contribution in [1.82, 2.24) is 4.90 Å². The standard InChI is InChI=1S/C20H22N2O2/c1-22(2)13-8-14-23-20-19(15-16-9-4-3-5-10-16)24-18-12-7-6-11-17(18)21-20/h3-7,9-12,15H,8,13-14H2,1-2H3. The van der Waals surface area contributed by atoms with Crippen molar-refractivity contribution in [1.29, 1.82) is 0 Å². The first-order valence-corrected chi connectivity index (χ1v) is 8.12. The second-order valence-electron chi connectivity index (χ2n) is 5.91. The quantitative estimate of drug-likeness (QED) is 0.777. The highest BCUT2D eigenvalue weighted by Crippen LogP contribution is 2.34. The summed E-state index contributed by atoms with van der Waals surface area (Å²) in [6.07, 6.45) is 2.90. The molecule has 0 aromatic heterocycles. The molecule has 1 aliphatic rings. The first-order chi connectivity index (χ1) is 11.7. The third-order valence-corrected chi connectivity index (χ3v) is 3.60. The maximum absolute atomic E-state index is 6.02. The predicted octanol–water partition coefficient (Wildman–Crippen LogP) is 4.12. The van der Waals surface area contributed by atoms with E-state index in [9.17, 15) is 0 Å². The van der Waals surface area contributed by atoms with Crippen LogP contribution in [0.2, 0.25) is 0 Å². The molecule has 4 nitrogen and oxygen atoms in total. The van der Waals surface area contributed by atoms with Crippen molar-refractivity contribution >= 4 is 17.7 Å². The monoisotopic (exact) mass is 322 g/mol. The number of rotatable bonds is 5. The third-order valence-electron chi connectivity index (χ3n) is 3.60. The number of benzene rings is 2. The summed E-state index contributed by atoms with van der Waals surface area (Å²) in [5, 5.41) is 0. The number of nitrogens with zero attached hydrogens (tertiary/aromatic N) is 2. The van der Waals surface area contributed by atoms with E-state index in [1.165, 1.54) is 0 Å². The van der Waals surface area contributed by atoms with E-state index in [4.69, 9.17) is 9.47 Å². The molecule has 0 radical (unpaired) electrons. The van der Waals surface area contributed by atoms with Crippen LogP contribution >= 0.6 is 0 Å². The van der Waals surface area contributed by atoms with Gasteiger partial charge in [-0.05, 0) is 44.3 Å². The van der Waals surface area contributed by atoms with Crippen molar-refractivity contribution in [3.05, 3.63) is 65.9 Å². The molecule has 2 aromatic rings. The molecular weight excluding hydrogens is 300 g/mol. The van der Waals surface area contributed by atoms with Gasteiger partial charge in [-0.15, -0.1) is 0 Å². The van der Waals surface area contributed by atoms with Crippen LogP contribution in [0.4, 0.5) is 5.69 Å². The van der Waals surface area contributed by atoms with Crippen molar-refractivity contribution < 1.29 is 9.47 Å². The summed E-state index contributed by atoms with van der Waals surface area (Å²) in [6.45, 7) is 1.58. The van der Waals surface area contributed by atoms with Crippen LogP contribution in [-0.2, 0) is 4.74 Å². The van der Waals surface area contributed by atoms with Crippen LogP contribution in [0.5, 0.6) is 5.75 Å². The molecule has 0 fully saturated rings. The molecule has 3 rings (SSSR count). The van der Waals surface area contributed by atoms with E-state index in [0.717, 1.165) is 30.0 Å². The SMILES string of the molecule is CN(C)CCCOC1=Nc2ccccc2OC1=Cc1ccccc1. The molecule has 0 saturated carbocycles. The summed E-state index contributed by atoms with van der Waals surface area (Å²) >= 11 is 0. The van der Waals surface area contributed by atoms with Gasteiger partial charge in [0.05, 0.1) is 6.61 Å². The van der Waals surface area contributed by atoms with Gasteiger partial charge in [0.1, 0.15) is 5.69 Å². The van der Waals surface area contributed by atoms with Crippen LogP contribution < -0.4 is 4.74 Å². The maximum atomic E-state index is 6.02.